The van der Waals surface area contributed by atoms with Gasteiger partial charge in [0.2, 0.25) is 0 Å². The molecule has 1 aromatic heterocycles. The molecule has 1 aliphatic rings. The summed E-state index contributed by atoms with van der Waals surface area (Å²) < 4.78 is 5.53. The number of anilines is 2. The minimum absolute atomic E-state index is 0.0900. The van der Waals surface area contributed by atoms with E-state index in [1.54, 1.807) is 53.7 Å². The highest BCUT2D eigenvalue weighted by atomic mass is 16.5. The van der Waals surface area contributed by atoms with Crippen molar-refractivity contribution in [2.24, 2.45) is 0 Å². The van der Waals surface area contributed by atoms with E-state index < -0.39 is 5.97 Å². The highest BCUT2D eigenvalue weighted by Gasteiger charge is 2.20. The number of morpholine rings is 1. The number of hydrogen-bond donors (Lipinski definition) is 2. The number of carbonyl (C=O) groups is 3. The average molecular weight is 565 g/mol. The van der Waals surface area contributed by atoms with Gasteiger partial charge in [0.1, 0.15) is 0 Å². The predicted octanol–water partition coefficient (Wildman–Crippen LogP) is 4.95. The Morgan fingerprint density at radius 2 is 1.60 bits per heavy atom. The molecule has 0 aliphatic carbocycles. The second kappa shape index (κ2) is 13.6. The number of benzene rings is 3. The molecular weight excluding hydrogens is 532 g/mol. The number of carboxylic acid groups (broad SMARTS) is 1. The number of pyridine rings is 1. The van der Waals surface area contributed by atoms with Crippen LogP contribution in [-0.4, -0.2) is 65.6 Å². The Kier molecular flexibility index (Phi) is 9.20. The minimum atomic E-state index is -0.962. The number of aromatic nitrogens is 1. The van der Waals surface area contributed by atoms with Gasteiger partial charge in [0, 0.05) is 49.7 Å². The van der Waals surface area contributed by atoms with Gasteiger partial charge in [-0.25, -0.2) is 0 Å². The van der Waals surface area contributed by atoms with Gasteiger partial charge in [0.15, 0.2) is 0 Å². The van der Waals surface area contributed by atoms with Crippen molar-refractivity contribution < 1.29 is 24.2 Å². The zero-order valence-corrected chi connectivity index (χ0v) is 23.1. The Labute approximate surface area is 244 Å². The van der Waals surface area contributed by atoms with E-state index in [1.165, 1.54) is 0 Å². The molecule has 1 fully saturated rings. The SMILES string of the molecule is O=C(O)CCN(Cc1cccc(-c2ccc(N3CCOCC3)c(NC(=O)c3ccncc3)c2)c1)C(=O)c1ccccc1. The summed E-state index contributed by atoms with van der Waals surface area (Å²) in [6.45, 7) is 3.01. The van der Waals surface area contributed by atoms with Crippen molar-refractivity contribution >= 4 is 29.2 Å². The average Bonchev–Trinajstić information content (AvgIpc) is 3.04. The van der Waals surface area contributed by atoms with E-state index in [2.05, 4.69) is 15.2 Å². The van der Waals surface area contributed by atoms with Crippen LogP contribution in [0.2, 0.25) is 0 Å². The van der Waals surface area contributed by atoms with E-state index in [0.29, 0.717) is 43.1 Å². The molecule has 214 valence electrons. The van der Waals surface area contributed by atoms with Gasteiger partial charge >= 0.3 is 5.97 Å². The van der Waals surface area contributed by atoms with Crippen molar-refractivity contribution in [1.82, 2.24) is 9.88 Å². The van der Waals surface area contributed by atoms with Crippen LogP contribution in [0.25, 0.3) is 11.1 Å². The van der Waals surface area contributed by atoms with E-state index in [-0.39, 0.29) is 31.3 Å². The molecule has 2 amide bonds. The molecule has 0 unspecified atom stereocenters. The van der Waals surface area contributed by atoms with Crippen LogP contribution in [0.4, 0.5) is 11.4 Å². The van der Waals surface area contributed by atoms with Crippen LogP contribution < -0.4 is 10.2 Å². The highest BCUT2D eigenvalue weighted by Crippen LogP contribution is 2.33. The second-order valence-corrected chi connectivity index (χ2v) is 9.96. The summed E-state index contributed by atoms with van der Waals surface area (Å²) in [5.74, 6) is -1.42. The first-order valence-electron chi connectivity index (χ1n) is 13.8. The summed E-state index contributed by atoms with van der Waals surface area (Å²) in [5, 5.41) is 12.4. The summed E-state index contributed by atoms with van der Waals surface area (Å²) in [6.07, 6.45) is 3.02. The number of aliphatic carboxylic acids is 1. The third-order valence-electron chi connectivity index (χ3n) is 7.08. The normalized spacial score (nSPS) is 12.9. The van der Waals surface area contributed by atoms with E-state index >= 15 is 0 Å². The molecule has 5 rings (SSSR count). The lowest BCUT2D eigenvalue weighted by Gasteiger charge is -2.31. The number of carboxylic acids is 1. The first-order valence-corrected chi connectivity index (χ1v) is 13.8. The van der Waals surface area contributed by atoms with Crippen LogP contribution in [0.15, 0.2) is 97.3 Å². The van der Waals surface area contributed by atoms with Crippen LogP contribution >= 0.6 is 0 Å². The number of rotatable bonds is 10. The van der Waals surface area contributed by atoms with Gasteiger partial charge in [0.25, 0.3) is 11.8 Å². The Hall–Kier alpha value is -5.02. The van der Waals surface area contributed by atoms with E-state index in [9.17, 15) is 19.5 Å². The summed E-state index contributed by atoms with van der Waals surface area (Å²) in [5.41, 5.74) is 5.28. The Morgan fingerprint density at radius 1 is 0.857 bits per heavy atom. The highest BCUT2D eigenvalue weighted by molar-refractivity contribution is 6.06. The Bertz CT molecular complexity index is 1540. The topological polar surface area (TPSA) is 112 Å². The molecule has 1 aliphatic heterocycles. The van der Waals surface area contributed by atoms with Crippen LogP contribution in [0.1, 0.15) is 32.7 Å². The largest absolute Gasteiger partial charge is 0.481 e. The van der Waals surface area contributed by atoms with Crippen molar-refractivity contribution in [1.29, 1.82) is 0 Å². The first-order chi connectivity index (χ1) is 20.5. The number of hydrogen-bond acceptors (Lipinski definition) is 6. The van der Waals surface area contributed by atoms with Crippen molar-refractivity contribution in [3.05, 3.63) is 114 Å². The fraction of sp³-hybridized carbons (Fsp3) is 0.212. The predicted molar refractivity (Wildman–Crippen MR) is 161 cm³/mol. The van der Waals surface area contributed by atoms with Crippen molar-refractivity contribution in [2.45, 2.75) is 13.0 Å². The Balaban J connectivity index is 1.43. The third-order valence-corrected chi connectivity index (χ3v) is 7.08. The quantitative estimate of drug-likeness (QED) is 0.280. The summed E-state index contributed by atoms with van der Waals surface area (Å²) in [6, 6.07) is 26.0. The molecule has 0 radical (unpaired) electrons. The Morgan fingerprint density at radius 3 is 2.33 bits per heavy atom. The van der Waals surface area contributed by atoms with Crippen molar-refractivity contribution in [2.75, 3.05) is 43.1 Å². The van der Waals surface area contributed by atoms with Gasteiger partial charge in [-0.2, -0.15) is 0 Å². The zero-order valence-electron chi connectivity index (χ0n) is 23.1. The number of amides is 2. The molecule has 0 bridgehead atoms. The van der Waals surface area contributed by atoms with Gasteiger partial charge in [-0.3, -0.25) is 19.4 Å². The monoisotopic (exact) mass is 564 g/mol. The number of nitrogens with one attached hydrogen (secondary N) is 1. The molecule has 9 nitrogen and oxygen atoms in total. The van der Waals surface area contributed by atoms with Gasteiger partial charge in [-0.1, -0.05) is 42.5 Å². The van der Waals surface area contributed by atoms with Gasteiger partial charge in [-0.15, -0.1) is 0 Å². The lowest BCUT2D eigenvalue weighted by atomic mass is 10.0. The summed E-state index contributed by atoms with van der Waals surface area (Å²) in [7, 11) is 0. The molecule has 2 N–H and O–H groups in total. The maximum Gasteiger partial charge on any atom is 0.305 e. The van der Waals surface area contributed by atoms with Crippen LogP contribution in [0.3, 0.4) is 0 Å². The minimum Gasteiger partial charge on any atom is -0.481 e. The molecule has 42 heavy (non-hydrogen) atoms. The lowest BCUT2D eigenvalue weighted by molar-refractivity contribution is -0.137. The van der Waals surface area contributed by atoms with Crippen molar-refractivity contribution in [3.63, 3.8) is 0 Å². The molecule has 1 saturated heterocycles. The molecule has 2 heterocycles. The lowest BCUT2D eigenvalue weighted by Crippen LogP contribution is -2.36. The van der Waals surface area contributed by atoms with Gasteiger partial charge < -0.3 is 25.0 Å². The van der Waals surface area contributed by atoms with Gasteiger partial charge in [0.05, 0.1) is 31.0 Å². The third kappa shape index (κ3) is 7.18. The number of ether oxygens (including phenoxy) is 1. The fourth-order valence-corrected chi connectivity index (χ4v) is 4.91. The number of carbonyl (C=O) groups excluding carboxylic acids is 2. The smallest absolute Gasteiger partial charge is 0.305 e. The van der Waals surface area contributed by atoms with E-state index in [0.717, 1.165) is 22.4 Å². The van der Waals surface area contributed by atoms with Crippen molar-refractivity contribution in [3.8, 4) is 11.1 Å². The maximum absolute atomic E-state index is 13.2. The van der Waals surface area contributed by atoms with Crippen LogP contribution in [0.5, 0.6) is 0 Å². The zero-order chi connectivity index (χ0) is 29.3. The fourth-order valence-electron chi connectivity index (χ4n) is 4.91. The summed E-state index contributed by atoms with van der Waals surface area (Å²) >= 11 is 0. The van der Waals surface area contributed by atoms with Gasteiger partial charge in [-0.05, 0) is 59.2 Å². The van der Waals surface area contributed by atoms with E-state index in [1.807, 2.05) is 48.5 Å². The molecule has 9 heteroatoms. The first kappa shape index (κ1) is 28.5. The van der Waals surface area contributed by atoms with Crippen LogP contribution in [-0.2, 0) is 16.1 Å². The summed E-state index contributed by atoms with van der Waals surface area (Å²) in [4.78, 5) is 45.4. The molecule has 4 aromatic rings. The molecule has 0 atom stereocenters. The molecule has 0 saturated carbocycles. The van der Waals surface area contributed by atoms with E-state index in [4.69, 9.17) is 4.74 Å². The maximum atomic E-state index is 13.2. The molecule has 0 spiro atoms. The molecule has 3 aromatic carbocycles. The standard InChI is InChI=1S/C33H32N4O5/c38-31(39)13-16-37(33(41)26-6-2-1-3-7-26)23-24-5-4-8-27(21-24)28-9-10-30(36-17-19-42-20-18-36)29(22-28)35-32(40)25-11-14-34-15-12-25/h1-12,14-15,21-22H,13,16-20,23H2,(H,35,40)(H,38,39). The second-order valence-electron chi connectivity index (χ2n) is 9.96. The number of nitrogens with zero attached hydrogens (tertiary/aromatic N) is 3. The molecular formula is C33H32N4O5. The van der Waals surface area contributed by atoms with Crippen LogP contribution in [0, 0.1) is 0 Å².